The lowest BCUT2D eigenvalue weighted by Crippen LogP contribution is -2.33. The van der Waals surface area contributed by atoms with Crippen molar-refractivity contribution < 1.29 is 18.7 Å². The topological polar surface area (TPSA) is 99.6 Å². The van der Waals surface area contributed by atoms with Gasteiger partial charge in [0.1, 0.15) is 11.9 Å². The maximum absolute atomic E-state index is 14.4. The molecule has 2 aliphatic heterocycles. The second-order valence-corrected chi connectivity index (χ2v) is 5.30. The van der Waals surface area contributed by atoms with Crippen molar-refractivity contribution in [3.8, 4) is 0 Å². The quantitative estimate of drug-likeness (QED) is 0.521. The Balaban J connectivity index is 1.74. The molecule has 122 valence electrons. The third kappa shape index (κ3) is 3.37. The van der Waals surface area contributed by atoms with Crippen LogP contribution in [0.3, 0.4) is 0 Å². The standard InChI is InChI=1S/C14H16FN5O3/c15-12-5-9(1-2-11(12)13-7-17-3-4-22-13)20-8-10(6-18-19-16)23-14(20)21/h1-2,5,10,13,17H,3-4,6-8H2. The summed E-state index contributed by atoms with van der Waals surface area (Å²) in [5, 5.41) is 6.54. The Morgan fingerprint density at radius 1 is 1.52 bits per heavy atom. The van der Waals surface area contributed by atoms with Gasteiger partial charge in [-0.05, 0) is 17.7 Å². The van der Waals surface area contributed by atoms with Gasteiger partial charge in [-0.25, -0.2) is 9.18 Å². The molecule has 9 heteroatoms. The molecule has 2 fully saturated rings. The number of nitrogens with zero attached hydrogens (tertiary/aromatic N) is 4. The van der Waals surface area contributed by atoms with Crippen LogP contribution in [0.15, 0.2) is 23.3 Å². The van der Waals surface area contributed by atoms with E-state index in [2.05, 4.69) is 15.3 Å². The number of hydrogen-bond acceptors (Lipinski definition) is 5. The summed E-state index contributed by atoms with van der Waals surface area (Å²) in [4.78, 5) is 15.8. The second kappa shape index (κ2) is 6.82. The molecule has 2 heterocycles. The zero-order valence-electron chi connectivity index (χ0n) is 12.3. The number of carbonyl (C=O) groups excluding carboxylic acids is 1. The Morgan fingerprint density at radius 2 is 2.39 bits per heavy atom. The molecule has 2 aliphatic rings. The Bertz CT molecular complexity index is 643. The highest BCUT2D eigenvalue weighted by Gasteiger charge is 2.32. The molecule has 2 unspecified atom stereocenters. The van der Waals surface area contributed by atoms with E-state index in [0.29, 0.717) is 24.4 Å². The molecule has 0 aromatic heterocycles. The summed E-state index contributed by atoms with van der Waals surface area (Å²) in [6.45, 7) is 2.11. The maximum atomic E-state index is 14.4. The molecule has 8 nitrogen and oxygen atoms in total. The predicted octanol–water partition coefficient (Wildman–Crippen LogP) is 2.12. The van der Waals surface area contributed by atoms with Crippen LogP contribution < -0.4 is 10.2 Å². The zero-order valence-corrected chi connectivity index (χ0v) is 12.3. The number of azide groups is 1. The molecular formula is C14H16FN5O3. The molecule has 1 aromatic rings. The lowest BCUT2D eigenvalue weighted by atomic mass is 10.1. The van der Waals surface area contributed by atoms with Crippen LogP contribution in [0.4, 0.5) is 14.9 Å². The molecule has 3 rings (SSSR count). The van der Waals surface area contributed by atoms with Crippen LogP contribution in [0.2, 0.25) is 0 Å². The Kier molecular flexibility index (Phi) is 4.61. The average molecular weight is 321 g/mol. The summed E-state index contributed by atoms with van der Waals surface area (Å²) in [6.07, 6.45) is -1.43. The first-order valence-electron chi connectivity index (χ1n) is 7.30. The number of carbonyl (C=O) groups is 1. The van der Waals surface area contributed by atoms with E-state index in [-0.39, 0.29) is 19.2 Å². The maximum Gasteiger partial charge on any atom is 0.414 e. The van der Waals surface area contributed by atoms with E-state index in [1.165, 1.54) is 11.0 Å². The lowest BCUT2D eigenvalue weighted by Gasteiger charge is -2.25. The second-order valence-electron chi connectivity index (χ2n) is 5.30. The number of halogens is 1. The van der Waals surface area contributed by atoms with E-state index >= 15 is 0 Å². The molecular weight excluding hydrogens is 305 g/mol. The molecule has 0 radical (unpaired) electrons. The minimum atomic E-state index is -0.578. The molecule has 0 aliphatic carbocycles. The molecule has 0 saturated carbocycles. The molecule has 23 heavy (non-hydrogen) atoms. The first-order chi connectivity index (χ1) is 11.2. The highest BCUT2D eigenvalue weighted by atomic mass is 19.1. The first-order valence-corrected chi connectivity index (χ1v) is 7.30. The van der Waals surface area contributed by atoms with Crippen LogP contribution in [0.5, 0.6) is 0 Å². The molecule has 0 bridgehead atoms. The SMILES string of the molecule is [N-]=[N+]=NCC1CN(c2ccc(C3CNCCO3)c(F)c2)C(=O)O1. The van der Waals surface area contributed by atoms with Crippen LogP contribution >= 0.6 is 0 Å². The van der Waals surface area contributed by atoms with E-state index in [1.54, 1.807) is 12.1 Å². The number of anilines is 1. The van der Waals surface area contributed by atoms with Gasteiger partial charge in [-0.1, -0.05) is 11.2 Å². The van der Waals surface area contributed by atoms with E-state index in [0.717, 1.165) is 6.54 Å². The van der Waals surface area contributed by atoms with Crippen LogP contribution in [-0.2, 0) is 9.47 Å². The minimum Gasteiger partial charge on any atom is -0.444 e. The lowest BCUT2D eigenvalue weighted by molar-refractivity contribution is 0.0255. The monoisotopic (exact) mass is 321 g/mol. The van der Waals surface area contributed by atoms with E-state index in [1.807, 2.05) is 0 Å². The Hall–Kier alpha value is -2.35. The summed E-state index contributed by atoms with van der Waals surface area (Å²) in [7, 11) is 0. The summed E-state index contributed by atoms with van der Waals surface area (Å²) in [5.41, 5.74) is 9.17. The van der Waals surface area contributed by atoms with Gasteiger partial charge >= 0.3 is 6.09 Å². The van der Waals surface area contributed by atoms with Gasteiger partial charge in [0.15, 0.2) is 0 Å². The van der Waals surface area contributed by atoms with Gasteiger partial charge in [0.25, 0.3) is 0 Å². The largest absolute Gasteiger partial charge is 0.444 e. The fourth-order valence-electron chi connectivity index (χ4n) is 2.67. The fraction of sp³-hybridized carbons (Fsp3) is 0.500. The molecule has 0 spiro atoms. The van der Waals surface area contributed by atoms with Crippen molar-refractivity contribution in [1.29, 1.82) is 0 Å². The van der Waals surface area contributed by atoms with Crippen molar-refractivity contribution in [3.63, 3.8) is 0 Å². The molecule has 1 N–H and O–H groups in total. The van der Waals surface area contributed by atoms with Crippen molar-refractivity contribution in [2.24, 2.45) is 5.11 Å². The fourth-order valence-corrected chi connectivity index (χ4v) is 2.67. The van der Waals surface area contributed by atoms with Gasteiger partial charge in [-0.2, -0.15) is 0 Å². The van der Waals surface area contributed by atoms with Crippen molar-refractivity contribution >= 4 is 11.8 Å². The summed E-state index contributed by atoms with van der Waals surface area (Å²) >= 11 is 0. The van der Waals surface area contributed by atoms with Crippen molar-refractivity contribution in [1.82, 2.24) is 5.32 Å². The highest BCUT2D eigenvalue weighted by molar-refractivity contribution is 5.89. The number of cyclic esters (lactones) is 1. The normalized spacial score (nSPS) is 24.2. The number of nitrogens with one attached hydrogen (secondary N) is 1. The highest BCUT2D eigenvalue weighted by Crippen LogP contribution is 2.28. The molecule has 2 saturated heterocycles. The van der Waals surface area contributed by atoms with Crippen molar-refractivity contribution in [2.45, 2.75) is 12.2 Å². The summed E-state index contributed by atoms with van der Waals surface area (Å²) < 4.78 is 25.0. The van der Waals surface area contributed by atoms with E-state index in [4.69, 9.17) is 15.0 Å². The van der Waals surface area contributed by atoms with Gasteiger partial charge in [-0.15, -0.1) is 0 Å². The molecule has 1 aromatic carbocycles. The zero-order chi connectivity index (χ0) is 16.2. The first kappa shape index (κ1) is 15.5. The van der Waals surface area contributed by atoms with Crippen LogP contribution in [-0.4, -0.2) is 45.0 Å². The van der Waals surface area contributed by atoms with Crippen LogP contribution in [0, 0.1) is 5.82 Å². The average Bonchev–Trinajstić information content (AvgIpc) is 2.94. The minimum absolute atomic E-state index is 0.0564. The van der Waals surface area contributed by atoms with Gasteiger partial charge < -0.3 is 14.8 Å². The van der Waals surface area contributed by atoms with Crippen LogP contribution in [0.25, 0.3) is 10.4 Å². The predicted molar refractivity (Wildman–Crippen MR) is 79.6 cm³/mol. The van der Waals surface area contributed by atoms with Gasteiger partial charge in [0.2, 0.25) is 0 Å². The number of benzene rings is 1. The Labute approximate surface area is 131 Å². The van der Waals surface area contributed by atoms with E-state index < -0.39 is 18.0 Å². The number of morpholine rings is 1. The summed E-state index contributed by atoms with van der Waals surface area (Å²) in [5.74, 6) is -0.428. The van der Waals surface area contributed by atoms with Gasteiger partial charge in [0.05, 0.1) is 31.5 Å². The number of hydrogen-bond donors (Lipinski definition) is 1. The van der Waals surface area contributed by atoms with Gasteiger partial charge in [0, 0.05) is 23.6 Å². The third-order valence-corrected chi connectivity index (χ3v) is 3.79. The summed E-state index contributed by atoms with van der Waals surface area (Å²) in [6, 6.07) is 4.58. The van der Waals surface area contributed by atoms with Crippen molar-refractivity contribution in [2.75, 3.05) is 37.7 Å². The smallest absolute Gasteiger partial charge is 0.414 e. The molecule has 1 amide bonds. The number of rotatable bonds is 4. The Morgan fingerprint density at radius 3 is 3.09 bits per heavy atom. The molecule has 2 atom stereocenters. The van der Waals surface area contributed by atoms with Gasteiger partial charge in [-0.3, -0.25) is 4.90 Å². The third-order valence-electron chi connectivity index (χ3n) is 3.79. The van der Waals surface area contributed by atoms with E-state index in [9.17, 15) is 9.18 Å². The van der Waals surface area contributed by atoms with Crippen molar-refractivity contribution in [3.05, 3.63) is 40.0 Å². The van der Waals surface area contributed by atoms with Crippen LogP contribution in [0.1, 0.15) is 11.7 Å². The number of amides is 1. The number of ether oxygens (including phenoxy) is 2.